The Kier molecular flexibility index (Phi) is 4.05. The molecular formula is C11H20N2S. The number of aromatic nitrogens is 2. The summed E-state index contributed by atoms with van der Waals surface area (Å²) < 4.78 is 2.09. The maximum absolute atomic E-state index is 4.47. The topological polar surface area (TPSA) is 17.8 Å². The Bertz CT molecular complexity index is 268. The zero-order valence-corrected chi connectivity index (χ0v) is 10.2. The normalized spacial score (nSPS) is 12.0. The second-order valence-electron chi connectivity index (χ2n) is 4.00. The minimum atomic E-state index is 0.305. The van der Waals surface area contributed by atoms with Crippen LogP contribution in [-0.4, -0.2) is 15.5 Å². The van der Waals surface area contributed by atoms with E-state index in [0.29, 0.717) is 5.41 Å². The van der Waals surface area contributed by atoms with Crippen molar-refractivity contribution in [3.8, 4) is 0 Å². The molecule has 0 aliphatic heterocycles. The van der Waals surface area contributed by atoms with Crippen molar-refractivity contribution in [3.63, 3.8) is 0 Å². The van der Waals surface area contributed by atoms with Gasteiger partial charge < -0.3 is 0 Å². The van der Waals surface area contributed by atoms with E-state index in [0.717, 1.165) is 25.1 Å². The van der Waals surface area contributed by atoms with Crippen LogP contribution in [0, 0.1) is 12.3 Å². The highest BCUT2D eigenvalue weighted by Crippen LogP contribution is 2.29. The van der Waals surface area contributed by atoms with E-state index < -0.39 is 0 Å². The minimum Gasteiger partial charge on any atom is -0.269 e. The summed E-state index contributed by atoms with van der Waals surface area (Å²) in [5.74, 6) is 0.930. The Morgan fingerprint density at radius 3 is 2.43 bits per heavy atom. The molecular weight excluding hydrogens is 192 g/mol. The molecule has 1 aromatic heterocycles. The molecule has 0 amide bonds. The van der Waals surface area contributed by atoms with Crippen LogP contribution in [0.3, 0.4) is 0 Å². The third-order valence-corrected chi connectivity index (χ3v) is 3.92. The molecule has 1 heterocycles. The predicted octanol–water partition coefficient (Wildman–Crippen LogP) is 2.93. The standard InChI is InChI=1S/C11H20N2S/c1-4-11(5-2,9-14)8-13-10(3)6-7-12-13/h6-7,14H,4-5,8-9H2,1-3H3. The third-order valence-electron chi connectivity index (χ3n) is 3.25. The van der Waals surface area contributed by atoms with E-state index in [1.54, 1.807) is 0 Å². The summed E-state index contributed by atoms with van der Waals surface area (Å²) in [4.78, 5) is 0. The average Bonchev–Trinajstić information content (AvgIpc) is 2.61. The third kappa shape index (κ3) is 2.32. The van der Waals surface area contributed by atoms with Crippen molar-refractivity contribution in [1.82, 2.24) is 9.78 Å². The van der Waals surface area contributed by atoms with Crippen LogP contribution in [0.4, 0.5) is 0 Å². The minimum absolute atomic E-state index is 0.305. The fourth-order valence-electron chi connectivity index (χ4n) is 1.63. The van der Waals surface area contributed by atoms with Crippen molar-refractivity contribution < 1.29 is 0 Å². The van der Waals surface area contributed by atoms with Crippen LogP contribution in [0.2, 0.25) is 0 Å². The van der Waals surface area contributed by atoms with Crippen LogP contribution in [-0.2, 0) is 6.54 Å². The van der Waals surface area contributed by atoms with Crippen LogP contribution < -0.4 is 0 Å². The molecule has 0 spiro atoms. The molecule has 0 aliphatic carbocycles. The van der Waals surface area contributed by atoms with Gasteiger partial charge >= 0.3 is 0 Å². The number of hydrogen-bond acceptors (Lipinski definition) is 2. The number of thiol groups is 1. The van der Waals surface area contributed by atoms with Crippen molar-refractivity contribution in [2.45, 2.75) is 40.2 Å². The monoisotopic (exact) mass is 212 g/mol. The molecule has 2 nitrogen and oxygen atoms in total. The van der Waals surface area contributed by atoms with Gasteiger partial charge in [0.2, 0.25) is 0 Å². The summed E-state index contributed by atoms with van der Waals surface area (Å²) in [5.41, 5.74) is 1.54. The largest absolute Gasteiger partial charge is 0.269 e. The highest BCUT2D eigenvalue weighted by Gasteiger charge is 2.25. The first-order valence-electron chi connectivity index (χ1n) is 5.26. The van der Waals surface area contributed by atoms with E-state index in [1.807, 2.05) is 6.20 Å². The van der Waals surface area contributed by atoms with Gasteiger partial charge in [0.1, 0.15) is 0 Å². The molecule has 1 rings (SSSR count). The van der Waals surface area contributed by atoms with Gasteiger partial charge in [0, 0.05) is 18.4 Å². The fraction of sp³-hybridized carbons (Fsp3) is 0.727. The van der Waals surface area contributed by atoms with Crippen LogP contribution >= 0.6 is 12.6 Å². The van der Waals surface area contributed by atoms with Crippen molar-refractivity contribution in [2.24, 2.45) is 5.41 Å². The first-order valence-corrected chi connectivity index (χ1v) is 5.90. The Balaban J connectivity index is 2.79. The summed E-state index contributed by atoms with van der Waals surface area (Å²) in [6.07, 6.45) is 4.18. The average molecular weight is 212 g/mol. The first kappa shape index (κ1) is 11.6. The van der Waals surface area contributed by atoms with E-state index in [2.05, 4.69) is 49.2 Å². The second-order valence-corrected chi connectivity index (χ2v) is 4.31. The van der Waals surface area contributed by atoms with Crippen LogP contribution in [0.15, 0.2) is 12.3 Å². The van der Waals surface area contributed by atoms with Gasteiger partial charge in [-0.05, 0) is 37.0 Å². The molecule has 0 unspecified atom stereocenters. The van der Waals surface area contributed by atoms with Gasteiger partial charge in [0.05, 0.1) is 0 Å². The van der Waals surface area contributed by atoms with Crippen LogP contribution in [0.5, 0.6) is 0 Å². The Morgan fingerprint density at radius 1 is 1.43 bits per heavy atom. The first-order chi connectivity index (χ1) is 6.67. The van der Waals surface area contributed by atoms with Gasteiger partial charge in [-0.2, -0.15) is 17.7 Å². The van der Waals surface area contributed by atoms with Gasteiger partial charge in [-0.15, -0.1) is 0 Å². The highest BCUT2D eigenvalue weighted by atomic mass is 32.1. The lowest BCUT2D eigenvalue weighted by molar-refractivity contribution is 0.244. The van der Waals surface area contributed by atoms with Crippen molar-refractivity contribution in [2.75, 3.05) is 5.75 Å². The lowest BCUT2D eigenvalue weighted by atomic mass is 9.84. The zero-order chi connectivity index (χ0) is 10.6. The molecule has 1 aromatic rings. The number of nitrogens with zero attached hydrogens (tertiary/aromatic N) is 2. The summed E-state index contributed by atoms with van der Waals surface area (Å²) in [5, 5.41) is 4.33. The Labute approximate surface area is 92.1 Å². The van der Waals surface area contributed by atoms with Gasteiger partial charge in [-0.25, -0.2) is 0 Å². The fourth-order valence-corrected chi connectivity index (χ4v) is 2.18. The molecule has 0 bridgehead atoms. The van der Waals surface area contributed by atoms with Crippen molar-refractivity contribution >= 4 is 12.6 Å². The Hall–Kier alpha value is -0.440. The quantitative estimate of drug-likeness (QED) is 0.743. The molecule has 14 heavy (non-hydrogen) atoms. The maximum Gasteiger partial charge on any atom is 0.0492 e. The molecule has 80 valence electrons. The van der Waals surface area contributed by atoms with E-state index in [9.17, 15) is 0 Å². The van der Waals surface area contributed by atoms with Gasteiger partial charge in [-0.1, -0.05) is 13.8 Å². The van der Waals surface area contributed by atoms with E-state index in [1.165, 1.54) is 5.69 Å². The summed E-state index contributed by atoms with van der Waals surface area (Å²) >= 11 is 4.47. The number of aryl methyl sites for hydroxylation is 1. The van der Waals surface area contributed by atoms with Crippen molar-refractivity contribution in [3.05, 3.63) is 18.0 Å². The maximum atomic E-state index is 4.47. The molecule has 0 atom stereocenters. The Morgan fingerprint density at radius 2 is 2.07 bits per heavy atom. The predicted molar refractivity (Wildman–Crippen MR) is 63.8 cm³/mol. The van der Waals surface area contributed by atoms with E-state index >= 15 is 0 Å². The lowest BCUT2D eigenvalue weighted by Crippen LogP contribution is -2.28. The molecule has 0 fully saturated rings. The van der Waals surface area contributed by atoms with E-state index in [4.69, 9.17) is 0 Å². The van der Waals surface area contributed by atoms with Crippen LogP contribution in [0.1, 0.15) is 32.4 Å². The second kappa shape index (κ2) is 4.87. The summed E-state index contributed by atoms with van der Waals surface area (Å²) in [7, 11) is 0. The lowest BCUT2D eigenvalue weighted by Gasteiger charge is -2.30. The molecule has 0 aromatic carbocycles. The van der Waals surface area contributed by atoms with Crippen LogP contribution in [0.25, 0.3) is 0 Å². The number of rotatable bonds is 5. The molecule has 0 radical (unpaired) electrons. The summed E-state index contributed by atoms with van der Waals surface area (Å²) in [6, 6.07) is 2.05. The smallest absolute Gasteiger partial charge is 0.0492 e. The van der Waals surface area contributed by atoms with Gasteiger partial charge in [0.25, 0.3) is 0 Å². The SMILES string of the molecule is CCC(CC)(CS)Cn1nccc1C. The van der Waals surface area contributed by atoms with Crippen molar-refractivity contribution in [1.29, 1.82) is 0 Å². The number of hydrogen-bond donors (Lipinski definition) is 1. The molecule has 0 saturated heterocycles. The molecule has 0 saturated carbocycles. The summed E-state index contributed by atoms with van der Waals surface area (Å²) in [6.45, 7) is 7.56. The highest BCUT2D eigenvalue weighted by molar-refractivity contribution is 7.80. The van der Waals surface area contributed by atoms with Gasteiger partial charge in [-0.3, -0.25) is 4.68 Å². The molecule has 0 aliphatic rings. The molecule has 0 N–H and O–H groups in total. The molecule has 3 heteroatoms. The van der Waals surface area contributed by atoms with E-state index in [-0.39, 0.29) is 0 Å². The van der Waals surface area contributed by atoms with Gasteiger partial charge in [0.15, 0.2) is 0 Å². The zero-order valence-electron chi connectivity index (χ0n) is 9.32.